The fourth-order valence-electron chi connectivity index (χ4n) is 4.04. The molecule has 1 aliphatic rings. The first-order valence-electron chi connectivity index (χ1n) is 10.4. The summed E-state index contributed by atoms with van der Waals surface area (Å²) in [6.07, 6.45) is 5.15. The number of ether oxygens (including phenoxy) is 2. The quantitative estimate of drug-likeness (QED) is 0.631. The van der Waals surface area contributed by atoms with Crippen molar-refractivity contribution in [3.63, 3.8) is 0 Å². The van der Waals surface area contributed by atoms with E-state index in [1.54, 1.807) is 30.3 Å². The van der Waals surface area contributed by atoms with E-state index < -0.39 is 11.4 Å². The highest BCUT2D eigenvalue weighted by Crippen LogP contribution is 2.40. The summed E-state index contributed by atoms with van der Waals surface area (Å²) in [4.78, 5) is 25.6. The van der Waals surface area contributed by atoms with E-state index >= 15 is 0 Å². The summed E-state index contributed by atoms with van der Waals surface area (Å²) in [6.45, 7) is 2.45. The van der Waals surface area contributed by atoms with E-state index in [1.807, 2.05) is 6.92 Å². The standard InChI is InChI=1S/C24H28FNO4/c1-3-15-30-21-12-11-19(16-20(21)22(27)29-2)26-23(28)24(13-5-4-6-14-24)17-7-9-18(25)10-8-17/h7-12,16H,3-6,13-15H2,1-2H3,(H,26,28). The molecule has 1 N–H and O–H groups in total. The smallest absolute Gasteiger partial charge is 0.341 e. The Kier molecular flexibility index (Phi) is 7.08. The van der Waals surface area contributed by atoms with Gasteiger partial charge >= 0.3 is 5.97 Å². The minimum Gasteiger partial charge on any atom is -0.493 e. The third-order valence-corrected chi connectivity index (χ3v) is 5.64. The topological polar surface area (TPSA) is 64.6 Å². The Bertz CT molecular complexity index is 889. The molecule has 0 radical (unpaired) electrons. The summed E-state index contributed by atoms with van der Waals surface area (Å²) in [5, 5.41) is 2.97. The van der Waals surface area contributed by atoms with Crippen LogP contribution < -0.4 is 10.1 Å². The van der Waals surface area contributed by atoms with Gasteiger partial charge in [-0.2, -0.15) is 0 Å². The van der Waals surface area contributed by atoms with Gasteiger partial charge in [0.05, 0.1) is 19.1 Å². The summed E-state index contributed by atoms with van der Waals surface area (Å²) < 4.78 is 24.0. The lowest BCUT2D eigenvalue weighted by atomic mass is 9.68. The van der Waals surface area contributed by atoms with Crippen LogP contribution in [0.4, 0.5) is 10.1 Å². The summed E-state index contributed by atoms with van der Waals surface area (Å²) in [5.41, 5.74) is 0.867. The van der Waals surface area contributed by atoms with Crippen LogP contribution >= 0.6 is 0 Å². The van der Waals surface area contributed by atoms with Gasteiger partial charge in [-0.25, -0.2) is 9.18 Å². The summed E-state index contributed by atoms with van der Waals surface area (Å²) in [5.74, 6) is -0.571. The molecule has 6 heteroatoms. The summed E-state index contributed by atoms with van der Waals surface area (Å²) in [6, 6.07) is 11.2. The number of hydrogen-bond donors (Lipinski definition) is 1. The molecule has 1 amide bonds. The van der Waals surface area contributed by atoms with Crippen molar-refractivity contribution in [1.29, 1.82) is 0 Å². The zero-order valence-electron chi connectivity index (χ0n) is 17.5. The molecule has 0 unspecified atom stereocenters. The SMILES string of the molecule is CCCOc1ccc(NC(=O)C2(c3ccc(F)cc3)CCCCC2)cc1C(=O)OC. The van der Waals surface area contributed by atoms with Crippen molar-refractivity contribution in [2.75, 3.05) is 19.0 Å². The molecular weight excluding hydrogens is 385 g/mol. The lowest BCUT2D eigenvalue weighted by Gasteiger charge is -2.36. The predicted molar refractivity (Wildman–Crippen MR) is 113 cm³/mol. The van der Waals surface area contributed by atoms with Crippen LogP contribution in [0.2, 0.25) is 0 Å². The molecule has 5 nitrogen and oxygen atoms in total. The molecule has 2 aromatic rings. The number of anilines is 1. The number of nitrogens with one attached hydrogen (secondary N) is 1. The minimum absolute atomic E-state index is 0.146. The Hall–Kier alpha value is -2.89. The van der Waals surface area contributed by atoms with Crippen LogP contribution in [0.1, 0.15) is 61.4 Å². The molecule has 1 aliphatic carbocycles. The van der Waals surface area contributed by atoms with Gasteiger partial charge in [0.1, 0.15) is 17.1 Å². The largest absolute Gasteiger partial charge is 0.493 e. The Balaban J connectivity index is 1.90. The second kappa shape index (κ2) is 9.74. The average molecular weight is 413 g/mol. The minimum atomic E-state index is -0.714. The molecule has 0 saturated heterocycles. The summed E-state index contributed by atoms with van der Waals surface area (Å²) >= 11 is 0. The van der Waals surface area contributed by atoms with E-state index in [1.165, 1.54) is 19.2 Å². The highest BCUT2D eigenvalue weighted by atomic mass is 19.1. The third-order valence-electron chi connectivity index (χ3n) is 5.64. The van der Waals surface area contributed by atoms with Crippen LogP contribution in [0.25, 0.3) is 0 Å². The number of hydrogen-bond acceptors (Lipinski definition) is 4. The van der Waals surface area contributed by atoms with E-state index in [4.69, 9.17) is 9.47 Å². The number of rotatable bonds is 7. The number of amides is 1. The molecular formula is C24H28FNO4. The van der Waals surface area contributed by atoms with E-state index in [-0.39, 0.29) is 17.3 Å². The summed E-state index contributed by atoms with van der Waals surface area (Å²) in [7, 11) is 1.31. The molecule has 2 aromatic carbocycles. The van der Waals surface area contributed by atoms with Crippen LogP contribution in [-0.2, 0) is 14.9 Å². The zero-order valence-corrected chi connectivity index (χ0v) is 17.5. The van der Waals surface area contributed by atoms with E-state index in [0.717, 1.165) is 31.2 Å². The van der Waals surface area contributed by atoms with Crippen LogP contribution in [0.3, 0.4) is 0 Å². The fraction of sp³-hybridized carbons (Fsp3) is 0.417. The molecule has 160 valence electrons. The van der Waals surface area contributed by atoms with Gasteiger partial charge in [0.15, 0.2) is 0 Å². The van der Waals surface area contributed by atoms with Crippen molar-refractivity contribution < 1.29 is 23.5 Å². The molecule has 1 saturated carbocycles. The number of carbonyl (C=O) groups is 2. The lowest BCUT2D eigenvalue weighted by molar-refractivity contribution is -0.122. The first-order valence-corrected chi connectivity index (χ1v) is 10.4. The molecule has 0 heterocycles. The van der Waals surface area contributed by atoms with Crippen LogP contribution in [0, 0.1) is 5.82 Å². The monoisotopic (exact) mass is 413 g/mol. The molecule has 30 heavy (non-hydrogen) atoms. The number of esters is 1. The van der Waals surface area contributed by atoms with Gasteiger partial charge in [0.2, 0.25) is 5.91 Å². The second-order valence-electron chi connectivity index (χ2n) is 7.65. The van der Waals surface area contributed by atoms with Crippen LogP contribution in [-0.4, -0.2) is 25.6 Å². The van der Waals surface area contributed by atoms with Gasteiger partial charge in [-0.1, -0.05) is 38.3 Å². The third kappa shape index (κ3) is 4.64. The Morgan fingerprint density at radius 3 is 2.40 bits per heavy atom. The maximum atomic E-state index is 13.5. The van der Waals surface area contributed by atoms with Gasteiger partial charge in [-0.3, -0.25) is 4.79 Å². The zero-order chi connectivity index (χ0) is 21.6. The van der Waals surface area contributed by atoms with Crippen molar-refractivity contribution in [3.8, 4) is 5.75 Å². The van der Waals surface area contributed by atoms with Crippen LogP contribution in [0.5, 0.6) is 5.75 Å². The molecule has 0 bridgehead atoms. The molecule has 0 spiro atoms. The highest BCUT2D eigenvalue weighted by Gasteiger charge is 2.41. The number of benzene rings is 2. The maximum Gasteiger partial charge on any atom is 0.341 e. The number of carbonyl (C=O) groups excluding carboxylic acids is 2. The average Bonchev–Trinajstić information content (AvgIpc) is 2.78. The first kappa shape index (κ1) is 21.8. The second-order valence-corrected chi connectivity index (χ2v) is 7.65. The predicted octanol–water partition coefficient (Wildman–Crippen LogP) is 5.24. The van der Waals surface area contributed by atoms with Gasteiger partial charge in [0.25, 0.3) is 0 Å². The van der Waals surface area contributed by atoms with Gasteiger partial charge < -0.3 is 14.8 Å². The van der Waals surface area contributed by atoms with E-state index in [0.29, 0.717) is 30.9 Å². The van der Waals surface area contributed by atoms with E-state index in [9.17, 15) is 14.0 Å². The fourth-order valence-corrected chi connectivity index (χ4v) is 4.04. The van der Waals surface area contributed by atoms with E-state index in [2.05, 4.69) is 5.32 Å². The van der Waals surface area contributed by atoms with Crippen molar-refractivity contribution in [2.45, 2.75) is 50.9 Å². The van der Waals surface area contributed by atoms with Crippen molar-refractivity contribution >= 4 is 17.6 Å². The molecule has 1 fully saturated rings. The molecule has 0 aliphatic heterocycles. The van der Waals surface area contributed by atoms with Crippen molar-refractivity contribution in [1.82, 2.24) is 0 Å². The molecule has 0 aromatic heterocycles. The normalized spacial score (nSPS) is 15.3. The number of halogens is 1. The van der Waals surface area contributed by atoms with Crippen LogP contribution in [0.15, 0.2) is 42.5 Å². The molecule has 3 rings (SSSR count). The first-order chi connectivity index (χ1) is 14.5. The van der Waals surface area contributed by atoms with Crippen molar-refractivity contribution in [3.05, 3.63) is 59.4 Å². The highest BCUT2D eigenvalue weighted by molar-refractivity contribution is 6.01. The maximum absolute atomic E-state index is 13.5. The van der Waals surface area contributed by atoms with Gasteiger partial charge in [-0.15, -0.1) is 0 Å². The Morgan fingerprint density at radius 1 is 1.07 bits per heavy atom. The Morgan fingerprint density at radius 2 is 1.77 bits per heavy atom. The molecule has 0 atom stereocenters. The van der Waals surface area contributed by atoms with Crippen molar-refractivity contribution in [2.24, 2.45) is 0 Å². The Labute approximate surface area is 176 Å². The van der Waals surface area contributed by atoms with Gasteiger partial charge in [0, 0.05) is 5.69 Å². The lowest BCUT2D eigenvalue weighted by Crippen LogP contribution is -2.42. The van der Waals surface area contributed by atoms with Gasteiger partial charge in [-0.05, 0) is 55.2 Å². The number of methoxy groups -OCH3 is 1.